The number of hydrogen-bond donors (Lipinski definition) is 2. The van der Waals surface area contributed by atoms with Gasteiger partial charge in [-0.3, -0.25) is 9.59 Å². The summed E-state index contributed by atoms with van der Waals surface area (Å²) in [4.78, 5) is 36.8. The summed E-state index contributed by atoms with van der Waals surface area (Å²) >= 11 is 9.35. The Hall–Kier alpha value is -7.26. The van der Waals surface area contributed by atoms with E-state index in [1.165, 1.54) is 6.07 Å². The normalized spacial score (nSPS) is 10.6. The molecule has 3 aromatic heterocycles. The molecular weight excluding hydrogens is 830 g/mol. The van der Waals surface area contributed by atoms with Gasteiger partial charge >= 0.3 is 0 Å². The van der Waals surface area contributed by atoms with Crippen LogP contribution < -0.4 is 20.9 Å². The Bertz CT molecular complexity index is 3050. The first-order valence-electron chi connectivity index (χ1n) is 19.2. The van der Waals surface area contributed by atoms with Crippen LogP contribution in [-0.2, 0) is 0 Å². The zero-order valence-electron chi connectivity index (χ0n) is 32.1. The van der Waals surface area contributed by atoms with Gasteiger partial charge in [0.05, 0.1) is 5.52 Å². The van der Waals surface area contributed by atoms with Gasteiger partial charge in [-0.2, -0.15) is 0 Å². The van der Waals surface area contributed by atoms with Gasteiger partial charge in [-0.1, -0.05) is 100 Å². The van der Waals surface area contributed by atoms with Gasteiger partial charge in [0, 0.05) is 72.5 Å². The molecule has 0 saturated carbocycles. The van der Waals surface area contributed by atoms with Gasteiger partial charge in [0.25, 0.3) is 0 Å². The number of halogens is 2. The highest BCUT2D eigenvalue weighted by Crippen LogP contribution is 2.37. The van der Waals surface area contributed by atoms with Crippen molar-refractivity contribution in [2.24, 2.45) is 0 Å². The molecule has 9 heteroatoms. The van der Waals surface area contributed by atoms with Gasteiger partial charge in [-0.05, 0) is 133 Å². The summed E-state index contributed by atoms with van der Waals surface area (Å²) in [7, 11) is 0. The minimum absolute atomic E-state index is 0.0650. The zero-order chi connectivity index (χ0) is 41.3. The molecule has 0 bridgehead atoms. The number of rotatable bonds is 6. The highest BCUT2D eigenvalue weighted by Gasteiger charge is 2.14. The Morgan fingerprint density at radius 2 is 0.800 bits per heavy atom. The maximum Gasteiger partial charge on any atom is 0.248 e. The van der Waals surface area contributed by atoms with Crippen LogP contribution in [0.3, 0.4) is 0 Å². The number of nitrogens with zero attached hydrogens (tertiary/aromatic N) is 3. The molecule has 10 aromatic rings. The number of hydrogen-bond acceptors (Lipinski definition) is 5. The predicted molar refractivity (Wildman–Crippen MR) is 253 cm³/mol. The summed E-state index contributed by atoms with van der Waals surface area (Å²) in [5, 5.41) is 3.61. The van der Waals surface area contributed by atoms with E-state index in [1.54, 1.807) is 12.1 Å². The molecule has 0 aliphatic carbocycles. The van der Waals surface area contributed by atoms with Crippen LogP contribution in [0.4, 0.5) is 34.1 Å². The molecule has 292 valence electrons. The number of aromatic amines is 2. The first-order valence-corrected chi connectivity index (χ1v) is 20.3. The van der Waals surface area contributed by atoms with Gasteiger partial charge < -0.3 is 19.8 Å². The number of anilines is 6. The van der Waals surface area contributed by atoms with Gasteiger partial charge in [0.1, 0.15) is 5.15 Å². The van der Waals surface area contributed by atoms with E-state index in [1.807, 2.05) is 127 Å². The molecule has 0 aliphatic rings. The van der Waals surface area contributed by atoms with E-state index in [0.29, 0.717) is 5.15 Å². The fourth-order valence-corrected chi connectivity index (χ4v) is 7.37. The average molecular weight is 867 g/mol. The zero-order valence-corrected chi connectivity index (χ0v) is 34.5. The van der Waals surface area contributed by atoms with E-state index < -0.39 is 0 Å². The number of nitrogens with one attached hydrogen (secondary N) is 2. The minimum atomic E-state index is -0.0850. The van der Waals surface area contributed by atoms with Crippen molar-refractivity contribution in [2.45, 2.75) is 0 Å². The van der Waals surface area contributed by atoms with Crippen molar-refractivity contribution < 1.29 is 0 Å². The molecule has 60 heavy (non-hydrogen) atoms. The molecule has 10 rings (SSSR count). The van der Waals surface area contributed by atoms with Crippen molar-refractivity contribution in [2.75, 3.05) is 9.80 Å². The Kier molecular flexibility index (Phi) is 12.2. The lowest BCUT2D eigenvalue weighted by atomic mass is 10.1. The molecule has 0 saturated heterocycles. The van der Waals surface area contributed by atoms with E-state index in [2.05, 4.69) is 107 Å². The monoisotopic (exact) mass is 865 g/mol. The van der Waals surface area contributed by atoms with Gasteiger partial charge in [-0.25, -0.2) is 4.98 Å². The third-order valence-electron chi connectivity index (χ3n) is 9.61. The third-order valence-corrected chi connectivity index (χ3v) is 10.3. The number of benzene rings is 7. The Balaban J connectivity index is 0.000000132. The van der Waals surface area contributed by atoms with Crippen LogP contribution in [0.5, 0.6) is 0 Å². The summed E-state index contributed by atoms with van der Waals surface area (Å²) in [6.07, 6.45) is 0. The van der Waals surface area contributed by atoms with Crippen molar-refractivity contribution in [3.63, 3.8) is 0 Å². The standard InChI is InChI=1S/C21H15ClN2.C21H16N2O.C9H6BrNO/c22-21-14-11-16-15-19(12-13-20(16)23-21)24(17-7-3-1-4-8-17)18-9-5-2-6-10-18;24-21-14-11-16-15-19(12-13-20(16)22-21)23(17-7-3-1-4-8-17)18-9-5-2-6-10-18;10-7-2-3-8-6(5-7)1-4-9(12)11-8/h1-15H;1-15H,(H,22,24);1-5H,(H,11,12). The second-order valence-corrected chi connectivity index (χ2v) is 15.0. The predicted octanol–water partition coefficient (Wildman–Crippen LogP) is 13.6. The molecule has 0 unspecified atom stereocenters. The van der Waals surface area contributed by atoms with Crippen LogP contribution in [-0.4, -0.2) is 15.0 Å². The van der Waals surface area contributed by atoms with Gasteiger partial charge in [0.15, 0.2) is 0 Å². The number of H-pyrrole nitrogens is 2. The summed E-state index contributed by atoms with van der Waals surface area (Å²) < 4.78 is 1.02. The molecule has 0 spiro atoms. The second kappa shape index (κ2) is 18.6. The van der Waals surface area contributed by atoms with Crippen LogP contribution in [0.2, 0.25) is 5.15 Å². The largest absolute Gasteiger partial charge is 0.322 e. The molecule has 3 heterocycles. The molecule has 0 aliphatic heterocycles. The van der Waals surface area contributed by atoms with E-state index in [-0.39, 0.29) is 11.1 Å². The van der Waals surface area contributed by atoms with E-state index >= 15 is 0 Å². The molecule has 7 nitrogen and oxygen atoms in total. The molecular formula is C51H37BrClN5O2. The SMILES string of the molecule is Clc1ccc2cc(N(c3ccccc3)c3ccccc3)ccc2n1.O=c1ccc2cc(Br)ccc2[nH]1.O=c1ccc2cc(N(c3ccccc3)c3ccccc3)ccc2[nH]1. The van der Waals surface area contributed by atoms with Crippen LogP contribution in [0.1, 0.15) is 0 Å². The van der Waals surface area contributed by atoms with Crippen molar-refractivity contribution in [1.29, 1.82) is 0 Å². The van der Waals surface area contributed by atoms with Crippen molar-refractivity contribution in [3.05, 3.63) is 243 Å². The van der Waals surface area contributed by atoms with E-state index in [9.17, 15) is 9.59 Å². The van der Waals surface area contributed by atoms with Crippen LogP contribution in [0, 0.1) is 0 Å². The maximum atomic E-state index is 11.5. The summed E-state index contributed by atoms with van der Waals surface area (Å²) in [5.41, 5.74) is 9.00. The first kappa shape index (κ1) is 39.6. The Morgan fingerprint density at radius 3 is 1.28 bits per heavy atom. The topological polar surface area (TPSA) is 85.1 Å². The lowest BCUT2D eigenvalue weighted by Crippen LogP contribution is -2.10. The van der Waals surface area contributed by atoms with Crippen LogP contribution in [0.25, 0.3) is 32.7 Å². The van der Waals surface area contributed by atoms with E-state index in [0.717, 1.165) is 71.3 Å². The van der Waals surface area contributed by atoms with Crippen molar-refractivity contribution >= 4 is 94.4 Å². The number of fused-ring (bicyclic) bond motifs is 3. The summed E-state index contributed by atoms with van der Waals surface area (Å²) in [5.74, 6) is 0. The quantitative estimate of drug-likeness (QED) is 0.163. The maximum absolute atomic E-state index is 11.5. The number of para-hydroxylation sites is 4. The van der Waals surface area contributed by atoms with Crippen LogP contribution in [0.15, 0.2) is 226 Å². The van der Waals surface area contributed by atoms with Gasteiger partial charge in [0.2, 0.25) is 11.1 Å². The first-order chi connectivity index (χ1) is 29.4. The minimum Gasteiger partial charge on any atom is -0.322 e. The Morgan fingerprint density at radius 1 is 0.400 bits per heavy atom. The smallest absolute Gasteiger partial charge is 0.248 e. The lowest BCUT2D eigenvalue weighted by Gasteiger charge is -2.25. The number of pyridine rings is 3. The molecule has 0 atom stereocenters. The summed E-state index contributed by atoms with van der Waals surface area (Å²) in [6.45, 7) is 0. The molecule has 0 amide bonds. The fourth-order valence-electron chi connectivity index (χ4n) is 6.84. The number of aromatic nitrogens is 3. The highest BCUT2D eigenvalue weighted by molar-refractivity contribution is 9.10. The molecule has 0 radical (unpaired) electrons. The van der Waals surface area contributed by atoms with Gasteiger partial charge in [-0.15, -0.1) is 0 Å². The molecule has 7 aromatic carbocycles. The second-order valence-electron chi connectivity index (χ2n) is 13.7. The van der Waals surface area contributed by atoms with Crippen molar-refractivity contribution in [1.82, 2.24) is 15.0 Å². The fraction of sp³-hybridized carbons (Fsp3) is 0. The Labute approximate surface area is 360 Å². The summed E-state index contributed by atoms with van der Waals surface area (Å²) in [6, 6.07) is 69.8. The molecule has 0 fully saturated rings. The average Bonchev–Trinajstić information content (AvgIpc) is 3.29. The lowest BCUT2D eigenvalue weighted by molar-refractivity contribution is 1.27. The van der Waals surface area contributed by atoms with E-state index in [4.69, 9.17) is 11.6 Å². The van der Waals surface area contributed by atoms with Crippen LogP contribution >= 0.6 is 27.5 Å². The van der Waals surface area contributed by atoms with Crippen molar-refractivity contribution in [3.8, 4) is 0 Å². The third kappa shape index (κ3) is 9.54. The molecule has 2 N–H and O–H groups in total. The highest BCUT2D eigenvalue weighted by atomic mass is 79.9.